The van der Waals surface area contributed by atoms with Crippen molar-refractivity contribution in [3.63, 3.8) is 0 Å². The SMILES string of the molecule is Cc1cc(-c2ccccc2)cc(-c2c3ccc([Si]4(C)CCCC4)cc3cc[n+]2C)c1C. The number of aromatic nitrogens is 1. The lowest BCUT2D eigenvalue weighted by molar-refractivity contribution is -0.659. The van der Waals surface area contributed by atoms with Crippen LogP contribution in [0.25, 0.3) is 33.2 Å². The number of fused-ring (bicyclic) bond motifs is 1. The molecule has 5 rings (SSSR count). The molecule has 0 atom stereocenters. The third-order valence-electron chi connectivity index (χ3n) is 7.57. The third-order valence-corrected chi connectivity index (χ3v) is 12.2. The number of hydrogen-bond donors (Lipinski definition) is 0. The molecular weight excluding hydrogens is 390 g/mol. The minimum atomic E-state index is -1.27. The van der Waals surface area contributed by atoms with Crippen LogP contribution in [0.15, 0.2) is 72.9 Å². The van der Waals surface area contributed by atoms with Gasteiger partial charge in [0.25, 0.3) is 0 Å². The highest BCUT2D eigenvalue weighted by Gasteiger charge is 2.33. The van der Waals surface area contributed by atoms with Gasteiger partial charge in [-0.2, -0.15) is 0 Å². The molecule has 1 aliphatic rings. The van der Waals surface area contributed by atoms with Crippen LogP contribution in [0.5, 0.6) is 0 Å². The summed E-state index contributed by atoms with van der Waals surface area (Å²) in [6.07, 6.45) is 5.07. The Hall–Kier alpha value is -2.71. The van der Waals surface area contributed by atoms with Gasteiger partial charge in [0.1, 0.15) is 7.05 Å². The van der Waals surface area contributed by atoms with Gasteiger partial charge in [0.15, 0.2) is 6.20 Å². The van der Waals surface area contributed by atoms with Crippen molar-refractivity contribution in [1.29, 1.82) is 0 Å². The smallest absolute Gasteiger partial charge is 0.200 e. The highest BCUT2D eigenvalue weighted by atomic mass is 28.3. The second-order valence-electron chi connectivity index (χ2n) is 9.68. The lowest BCUT2D eigenvalue weighted by atomic mass is 9.92. The maximum absolute atomic E-state index is 2.59. The molecule has 1 nitrogen and oxygen atoms in total. The summed E-state index contributed by atoms with van der Waals surface area (Å²) in [6, 6.07) is 28.0. The Kier molecular flexibility index (Phi) is 5.06. The van der Waals surface area contributed by atoms with Crippen molar-refractivity contribution < 1.29 is 4.57 Å². The first-order valence-corrected chi connectivity index (χ1v) is 14.5. The van der Waals surface area contributed by atoms with Gasteiger partial charge in [-0.15, -0.1) is 0 Å². The minimum absolute atomic E-state index is 1.27. The van der Waals surface area contributed by atoms with Gasteiger partial charge < -0.3 is 0 Å². The number of rotatable bonds is 3. The van der Waals surface area contributed by atoms with E-state index in [1.807, 2.05) is 0 Å². The molecule has 1 aromatic heterocycles. The molecular formula is C29H32NSi+. The standard InChI is InChI=1S/C29H32NSi/c1-21-18-25(23-10-6-5-7-11-23)20-28(22(21)2)29-27-13-12-26(31(4)16-8-9-17-31)19-24(27)14-15-30(29)3/h5-7,10-15,18-20H,8-9,16-17H2,1-4H3/q+1. The molecule has 0 saturated carbocycles. The van der Waals surface area contributed by atoms with E-state index < -0.39 is 8.07 Å². The summed E-state index contributed by atoms with van der Waals surface area (Å²) in [5.74, 6) is 0. The molecule has 2 heteroatoms. The molecule has 3 aromatic carbocycles. The molecule has 1 aliphatic heterocycles. The minimum Gasteiger partial charge on any atom is -0.200 e. The number of hydrogen-bond acceptors (Lipinski definition) is 0. The molecule has 0 N–H and O–H groups in total. The van der Waals surface area contributed by atoms with Gasteiger partial charge in [0.05, 0.1) is 19.0 Å². The summed E-state index contributed by atoms with van der Waals surface area (Å²) in [5.41, 5.74) is 7.93. The molecule has 0 aliphatic carbocycles. The van der Waals surface area contributed by atoms with Gasteiger partial charge >= 0.3 is 0 Å². The first kappa shape index (κ1) is 20.2. The van der Waals surface area contributed by atoms with Crippen LogP contribution in [-0.4, -0.2) is 8.07 Å². The lowest BCUT2D eigenvalue weighted by Gasteiger charge is -2.22. The fraction of sp³-hybridized carbons (Fsp3) is 0.276. The summed E-state index contributed by atoms with van der Waals surface area (Å²) >= 11 is 0. The van der Waals surface area contributed by atoms with Crippen molar-refractivity contribution in [2.75, 3.05) is 0 Å². The monoisotopic (exact) mass is 422 g/mol. The molecule has 0 bridgehead atoms. The fourth-order valence-corrected chi connectivity index (χ4v) is 9.31. The fourth-order valence-electron chi connectivity index (χ4n) is 5.43. The lowest BCUT2D eigenvalue weighted by Crippen LogP contribution is -2.41. The Labute approximate surface area is 187 Å². The average molecular weight is 423 g/mol. The molecule has 31 heavy (non-hydrogen) atoms. The predicted molar refractivity (Wildman–Crippen MR) is 136 cm³/mol. The summed E-state index contributed by atoms with van der Waals surface area (Å²) in [6.45, 7) is 7.09. The van der Waals surface area contributed by atoms with Gasteiger partial charge in [0, 0.05) is 6.07 Å². The summed E-state index contributed by atoms with van der Waals surface area (Å²) in [7, 11) is 0.911. The first-order valence-electron chi connectivity index (χ1n) is 11.6. The second kappa shape index (κ2) is 7.76. The van der Waals surface area contributed by atoms with Crippen LogP contribution < -0.4 is 9.75 Å². The number of pyridine rings is 1. The van der Waals surface area contributed by atoms with Gasteiger partial charge in [-0.05, 0) is 53.6 Å². The number of aryl methyl sites for hydroxylation is 2. The van der Waals surface area contributed by atoms with Crippen molar-refractivity contribution >= 4 is 24.0 Å². The van der Waals surface area contributed by atoms with Crippen molar-refractivity contribution in [3.05, 3.63) is 84.1 Å². The van der Waals surface area contributed by atoms with E-state index in [1.54, 1.807) is 5.19 Å². The van der Waals surface area contributed by atoms with Crippen LogP contribution in [0.2, 0.25) is 18.6 Å². The molecule has 156 valence electrons. The molecule has 0 radical (unpaired) electrons. The van der Waals surface area contributed by atoms with Gasteiger partial charge in [-0.1, -0.05) is 85.2 Å². The van der Waals surface area contributed by atoms with Gasteiger partial charge in [0.2, 0.25) is 5.69 Å². The van der Waals surface area contributed by atoms with E-state index in [0.717, 1.165) is 0 Å². The van der Waals surface area contributed by atoms with Crippen molar-refractivity contribution in [1.82, 2.24) is 0 Å². The van der Waals surface area contributed by atoms with E-state index in [4.69, 9.17) is 0 Å². The van der Waals surface area contributed by atoms with Gasteiger partial charge in [-0.3, -0.25) is 0 Å². The Balaban J connectivity index is 1.71. The van der Waals surface area contributed by atoms with Gasteiger partial charge in [-0.25, -0.2) is 4.57 Å². The van der Waals surface area contributed by atoms with E-state index in [0.29, 0.717) is 0 Å². The molecule has 1 fully saturated rings. The molecule has 4 aromatic rings. The number of nitrogens with zero attached hydrogens (tertiary/aromatic N) is 1. The van der Waals surface area contributed by atoms with Crippen LogP contribution >= 0.6 is 0 Å². The van der Waals surface area contributed by atoms with Crippen LogP contribution in [-0.2, 0) is 7.05 Å². The van der Waals surface area contributed by atoms with Crippen molar-refractivity contribution in [2.45, 2.75) is 45.3 Å². The highest BCUT2D eigenvalue weighted by molar-refractivity contribution is 6.91. The predicted octanol–water partition coefficient (Wildman–Crippen LogP) is 6.69. The Morgan fingerprint density at radius 2 is 1.55 bits per heavy atom. The molecule has 0 spiro atoms. The van der Waals surface area contributed by atoms with E-state index >= 15 is 0 Å². The topological polar surface area (TPSA) is 3.88 Å². The van der Waals surface area contributed by atoms with Crippen LogP contribution in [0.4, 0.5) is 0 Å². The van der Waals surface area contributed by atoms with Crippen LogP contribution in [0.1, 0.15) is 24.0 Å². The van der Waals surface area contributed by atoms with Crippen molar-refractivity contribution in [2.24, 2.45) is 7.05 Å². The van der Waals surface area contributed by atoms with Crippen LogP contribution in [0.3, 0.4) is 0 Å². The van der Waals surface area contributed by atoms with Crippen LogP contribution in [0, 0.1) is 13.8 Å². The summed E-state index contributed by atoms with van der Waals surface area (Å²) in [4.78, 5) is 0. The summed E-state index contributed by atoms with van der Waals surface area (Å²) in [5, 5.41) is 4.38. The Bertz CT molecular complexity index is 1270. The average Bonchev–Trinajstić information content (AvgIpc) is 3.24. The molecule has 0 unspecified atom stereocenters. The highest BCUT2D eigenvalue weighted by Crippen LogP contribution is 2.35. The third kappa shape index (κ3) is 3.53. The van der Waals surface area contributed by atoms with E-state index in [1.165, 1.54) is 69.2 Å². The second-order valence-corrected chi connectivity index (χ2v) is 14.4. The van der Waals surface area contributed by atoms with E-state index in [-0.39, 0.29) is 0 Å². The van der Waals surface area contributed by atoms with E-state index in [9.17, 15) is 0 Å². The zero-order valence-corrected chi connectivity index (χ0v) is 20.2. The largest absolute Gasteiger partial charge is 0.220 e. The maximum atomic E-state index is 2.59. The molecule has 2 heterocycles. The maximum Gasteiger partial charge on any atom is 0.220 e. The quantitative estimate of drug-likeness (QED) is 0.256. The first-order chi connectivity index (χ1) is 15.0. The Morgan fingerprint density at radius 1 is 0.806 bits per heavy atom. The zero-order valence-electron chi connectivity index (χ0n) is 19.2. The Morgan fingerprint density at radius 3 is 2.29 bits per heavy atom. The zero-order chi connectivity index (χ0) is 21.6. The molecule has 0 amide bonds. The van der Waals surface area contributed by atoms with Crippen molar-refractivity contribution in [3.8, 4) is 22.4 Å². The number of benzene rings is 3. The molecule has 1 saturated heterocycles. The van der Waals surface area contributed by atoms with E-state index in [2.05, 4.69) is 105 Å². The normalized spacial score (nSPS) is 15.5. The summed E-state index contributed by atoms with van der Waals surface area (Å²) < 4.78 is 2.30.